The van der Waals surface area contributed by atoms with E-state index in [9.17, 15) is 4.79 Å². The van der Waals surface area contributed by atoms with Crippen LogP contribution >= 0.6 is 0 Å². The molecule has 2 heteroatoms. The molecule has 0 spiro atoms. The number of esters is 1. The van der Waals surface area contributed by atoms with Gasteiger partial charge in [0.1, 0.15) is 0 Å². The van der Waals surface area contributed by atoms with Crippen LogP contribution in [-0.4, -0.2) is 12.6 Å². The van der Waals surface area contributed by atoms with Crippen molar-refractivity contribution in [3.8, 4) is 11.8 Å². The molecule has 78 valence electrons. The van der Waals surface area contributed by atoms with E-state index >= 15 is 0 Å². The van der Waals surface area contributed by atoms with Crippen molar-refractivity contribution in [2.75, 3.05) is 6.61 Å². The Bertz CT molecular complexity index is 379. The number of ether oxygens (including phenoxy) is 1. The summed E-state index contributed by atoms with van der Waals surface area (Å²) < 4.78 is 4.96. The maximum atomic E-state index is 11.4. The molecule has 1 aromatic carbocycles. The summed E-state index contributed by atoms with van der Waals surface area (Å²) in [6, 6.07) is 7.28. The van der Waals surface area contributed by atoms with E-state index in [1.165, 1.54) is 0 Å². The summed E-state index contributed by atoms with van der Waals surface area (Å²) in [6.07, 6.45) is 0.780. The number of hydrogen-bond donors (Lipinski definition) is 0. The Balaban J connectivity index is 2.50. The van der Waals surface area contributed by atoms with E-state index in [0.717, 1.165) is 12.0 Å². The van der Waals surface area contributed by atoms with Gasteiger partial charge in [-0.3, -0.25) is 0 Å². The van der Waals surface area contributed by atoms with Gasteiger partial charge in [0.25, 0.3) is 0 Å². The van der Waals surface area contributed by atoms with Crippen molar-refractivity contribution in [1.82, 2.24) is 0 Å². The minimum Gasteiger partial charge on any atom is -0.449 e. The Labute approximate surface area is 90.3 Å². The molecule has 0 unspecified atom stereocenters. The number of benzene rings is 1. The Morgan fingerprint density at radius 1 is 1.27 bits per heavy atom. The highest BCUT2D eigenvalue weighted by atomic mass is 16.5. The normalized spacial score (nSPS) is 8.93. The first-order valence-corrected chi connectivity index (χ1v) is 4.93. The Morgan fingerprint density at radius 3 is 2.53 bits per heavy atom. The third-order valence-corrected chi connectivity index (χ3v) is 1.86. The van der Waals surface area contributed by atoms with Gasteiger partial charge in [-0.05, 0) is 19.1 Å². The van der Waals surface area contributed by atoms with Crippen LogP contribution in [0.1, 0.15) is 29.3 Å². The minimum atomic E-state index is -0.319. The highest BCUT2D eigenvalue weighted by Gasteiger charge is 2.04. The molecule has 0 N–H and O–H groups in total. The van der Waals surface area contributed by atoms with Gasteiger partial charge in [-0.25, -0.2) is 4.79 Å². The first-order chi connectivity index (χ1) is 7.24. The summed E-state index contributed by atoms with van der Waals surface area (Å²) >= 11 is 0. The zero-order valence-corrected chi connectivity index (χ0v) is 9.04. The lowest BCUT2D eigenvalue weighted by Gasteiger charge is -2.00. The lowest BCUT2D eigenvalue weighted by atomic mass is 10.1. The van der Waals surface area contributed by atoms with Crippen molar-refractivity contribution in [3.63, 3.8) is 0 Å². The zero-order valence-electron chi connectivity index (χ0n) is 9.04. The molecule has 0 aliphatic rings. The molecule has 1 rings (SSSR count). The van der Waals surface area contributed by atoms with E-state index in [2.05, 4.69) is 11.8 Å². The quantitative estimate of drug-likeness (QED) is 0.544. The Morgan fingerprint density at radius 2 is 1.93 bits per heavy atom. The van der Waals surface area contributed by atoms with Gasteiger partial charge in [0.15, 0.2) is 6.61 Å². The topological polar surface area (TPSA) is 26.3 Å². The van der Waals surface area contributed by atoms with Crippen molar-refractivity contribution in [1.29, 1.82) is 0 Å². The second kappa shape index (κ2) is 5.87. The van der Waals surface area contributed by atoms with Gasteiger partial charge in [-0.15, -0.1) is 5.92 Å². The molecular formula is C13H14O2. The summed E-state index contributed by atoms with van der Waals surface area (Å²) in [7, 11) is 0. The average molecular weight is 202 g/mol. The van der Waals surface area contributed by atoms with Crippen LogP contribution in [0.15, 0.2) is 24.3 Å². The molecule has 0 radical (unpaired) electrons. The van der Waals surface area contributed by atoms with Crippen molar-refractivity contribution < 1.29 is 9.53 Å². The van der Waals surface area contributed by atoms with E-state index < -0.39 is 0 Å². The predicted molar refractivity (Wildman–Crippen MR) is 59.5 cm³/mol. The summed E-state index contributed by atoms with van der Waals surface area (Å²) in [5, 5.41) is 0. The molecule has 0 saturated heterocycles. The van der Waals surface area contributed by atoms with Gasteiger partial charge in [0.2, 0.25) is 0 Å². The maximum absolute atomic E-state index is 11.4. The SMILES string of the molecule is CCC#CCOC(=O)c1ccc(C)cc1. The molecule has 0 atom stereocenters. The van der Waals surface area contributed by atoms with Gasteiger partial charge in [-0.1, -0.05) is 30.5 Å². The monoisotopic (exact) mass is 202 g/mol. The lowest BCUT2D eigenvalue weighted by Crippen LogP contribution is -2.05. The van der Waals surface area contributed by atoms with Gasteiger partial charge in [-0.2, -0.15) is 0 Å². The Kier molecular flexibility index (Phi) is 4.43. The molecule has 0 bridgehead atoms. The molecular weight excluding hydrogens is 188 g/mol. The van der Waals surface area contributed by atoms with E-state index in [4.69, 9.17) is 4.74 Å². The van der Waals surface area contributed by atoms with Crippen LogP contribution in [0.3, 0.4) is 0 Å². The largest absolute Gasteiger partial charge is 0.449 e. The van der Waals surface area contributed by atoms with Crippen molar-refractivity contribution in [2.24, 2.45) is 0 Å². The fourth-order valence-corrected chi connectivity index (χ4v) is 1.05. The summed E-state index contributed by atoms with van der Waals surface area (Å²) in [6.45, 7) is 4.09. The van der Waals surface area contributed by atoms with Crippen molar-refractivity contribution >= 4 is 5.97 Å². The summed E-state index contributed by atoms with van der Waals surface area (Å²) in [5.74, 6) is 5.27. The van der Waals surface area contributed by atoms with E-state index in [1.54, 1.807) is 12.1 Å². The second-order valence-electron chi connectivity index (χ2n) is 3.15. The Hall–Kier alpha value is -1.75. The van der Waals surface area contributed by atoms with E-state index in [0.29, 0.717) is 5.56 Å². The first kappa shape index (κ1) is 11.3. The van der Waals surface area contributed by atoms with Crippen LogP contribution in [0.2, 0.25) is 0 Å². The highest BCUT2D eigenvalue weighted by molar-refractivity contribution is 5.89. The highest BCUT2D eigenvalue weighted by Crippen LogP contribution is 2.04. The number of hydrogen-bond acceptors (Lipinski definition) is 2. The molecule has 0 saturated carbocycles. The van der Waals surface area contributed by atoms with Gasteiger partial charge >= 0.3 is 5.97 Å². The van der Waals surface area contributed by atoms with Gasteiger partial charge < -0.3 is 4.74 Å². The van der Waals surface area contributed by atoms with Crippen LogP contribution in [0.4, 0.5) is 0 Å². The van der Waals surface area contributed by atoms with Crippen LogP contribution in [0.5, 0.6) is 0 Å². The number of rotatable bonds is 2. The van der Waals surface area contributed by atoms with E-state index in [-0.39, 0.29) is 12.6 Å². The molecule has 0 fully saturated rings. The molecule has 0 aliphatic heterocycles. The third-order valence-electron chi connectivity index (χ3n) is 1.86. The summed E-state index contributed by atoms with van der Waals surface area (Å²) in [4.78, 5) is 11.4. The van der Waals surface area contributed by atoms with Gasteiger partial charge in [0.05, 0.1) is 5.56 Å². The fourth-order valence-electron chi connectivity index (χ4n) is 1.05. The van der Waals surface area contributed by atoms with E-state index in [1.807, 2.05) is 26.0 Å². The molecule has 0 aliphatic carbocycles. The minimum absolute atomic E-state index is 0.167. The molecule has 0 aromatic heterocycles. The molecule has 1 aromatic rings. The van der Waals surface area contributed by atoms with Gasteiger partial charge in [0, 0.05) is 6.42 Å². The molecule has 2 nitrogen and oxygen atoms in total. The number of carbonyl (C=O) groups is 1. The smallest absolute Gasteiger partial charge is 0.339 e. The number of aryl methyl sites for hydroxylation is 1. The first-order valence-electron chi connectivity index (χ1n) is 4.93. The van der Waals surface area contributed by atoms with Crippen LogP contribution in [0.25, 0.3) is 0 Å². The van der Waals surface area contributed by atoms with Crippen LogP contribution < -0.4 is 0 Å². The second-order valence-corrected chi connectivity index (χ2v) is 3.15. The summed E-state index contributed by atoms with van der Waals surface area (Å²) in [5.41, 5.74) is 1.69. The van der Waals surface area contributed by atoms with Crippen LogP contribution in [-0.2, 0) is 4.74 Å². The van der Waals surface area contributed by atoms with Crippen molar-refractivity contribution in [2.45, 2.75) is 20.3 Å². The fraction of sp³-hybridized carbons (Fsp3) is 0.308. The average Bonchev–Trinajstić information content (AvgIpc) is 2.25. The third kappa shape index (κ3) is 3.86. The van der Waals surface area contributed by atoms with Crippen molar-refractivity contribution in [3.05, 3.63) is 35.4 Å². The molecule has 0 amide bonds. The lowest BCUT2D eigenvalue weighted by molar-refractivity contribution is 0.0556. The molecule has 15 heavy (non-hydrogen) atoms. The zero-order chi connectivity index (χ0) is 11.1. The number of carbonyl (C=O) groups excluding carboxylic acids is 1. The molecule has 0 heterocycles. The van der Waals surface area contributed by atoms with Crippen LogP contribution in [0, 0.1) is 18.8 Å². The predicted octanol–water partition coefficient (Wildman–Crippen LogP) is 2.57. The standard InChI is InChI=1S/C13H14O2/c1-3-4-5-10-15-13(14)12-8-6-11(2)7-9-12/h6-9H,3,10H2,1-2H3. The maximum Gasteiger partial charge on any atom is 0.339 e.